The van der Waals surface area contributed by atoms with Crippen molar-refractivity contribution in [2.45, 2.75) is 13.0 Å². The molecule has 2 aromatic heterocycles. The van der Waals surface area contributed by atoms with Crippen molar-refractivity contribution in [2.75, 3.05) is 11.4 Å². The van der Waals surface area contributed by atoms with E-state index >= 15 is 0 Å². The van der Waals surface area contributed by atoms with E-state index in [-0.39, 0.29) is 0 Å². The smallest absolute Gasteiger partial charge is 0.0822 e. The zero-order chi connectivity index (χ0) is 14.4. The van der Waals surface area contributed by atoms with Gasteiger partial charge in [-0.2, -0.15) is 0 Å². The molecule has 0 unspecified atom stereocenters. The Hall–Kier alpha value is -1.72. The summed E-state index contributed by atoms with van der Waals surface area (Å²) >= 11 is 11.2. The van der Waals surface area contributed by atoms with Crippen molar-refractivity contribution < 1.29 is 0 Å². The van der Waals surface area contributed by atoms with Gasteiger partial charge in [0, 0.05) is 44.3 Å². The van der Waals surface area contributed by atoms with Crippen LogP contribution < -0.4 is 10.6 Å². The quantitative estimate of drug-likeness (QED) is 0.832. The monoisotopic (exact) mass is 306 g/mol. The van der Waals surface area contributed by atoms with Crippen LogP contribution in [0.4, 0.5) is 5.69 Å². The van der Waals surface area contributed by atoms with E-state index in [0.717, 1.165) is 11.3 Å². The third-order valence-electron chi connectivity index (χ3n) is 2.82. The zero-order valence-corrected chi connectivity index (χ0v) is 12.4. The molecule has 0 saturated carbocycles. The maximum absolute atomic E-state index is 6.22. The lowest BCUT2D eigenvalue weighted by molar-refractivity contribution is 0.802. The summed E-state index contributed by atoms with van der Waals surface area (Å²) in [7, 11) is 0. The van der Waals surface area contributed by atoms with Crippen LogP contribution in [-0.2, 0) is 6.54 Å². The first-order chi connectivity index (χ1) is 9.66. The fourth-order valence-electron chi connectivity index (χ4n) is 1.87. The molecule has 20 heavy (non-hydrogen) atoms. The fourth-order valence-corrected chi connectivity index (χ4v) is 2.20. The van der Waals surface area contributed by atoms with Gasteiger partial charge < -0.3 is 10.6 Å². The molecule has 0 radical (unpaired) electrons. The molecule has 6 heteroatoms. The Kier molecular flexibility index (Phi) is 5.26. The van der Waals surface area contributed by atoms with Crippen LogP contribution in [0.5, 0.6) is 0 Å². The van der Waals surface area contributed by atoms with Crippen molar-refractivity contribution >= 4 is 34.5 Å². The summed E-state index contributed by atoms with van der Waals surface area (Å²) in [4.78, 5) is 10.8. The highest BCUT2D eigenvalue weighted by atomic mass is 35.5. The Morgan fingerprint density at radius 2 is 2.05 bits per heavy atom. The molecule has 0 aliphatic heterocycles. The summed E-state index contributed by atoms with van der Waals surface area (Å²) in [6, 6.07) is 5.82. The number of pyridine rings is 2. The van der Waals surface area contributed by atoms with Gasteiger partial charge in [0.2, 0.25) is 0 Å². The van der Waals surface area contributed by atoms with Gasteiger partial charge in [-0.05, 0) is 17.7 Å². The number of rotatable bonds is 6. The minimum absolute atomic E-state index is 0.492. The molecule has 0 spiro atoms. The minimum atomic E-state index is 0.492. The van der Waals surface area contributed by atoms with Gasteiger partial charge in [0.05, 0.1) is 15.7 Å². The van der Waals surface area contributed by atoms with E-state index in [9.17, 15) is 0 Å². The highest BCUT2D eigenvalue weighted by Gasteiger charge is 2.11. The average Bonchev–Trinajstić information content (AvgIpc) is 2.45. The number of hydrogen-bond donors (Lipinski definition) is 1. The lowest BCUT2D eigenvalue weighted by Gasteiger charge is -2.25. The number of hydrogen-bond acceptors (Lipinski definition) is 4. The largest absolute Gasteiger partial charge is 0.393 e. The first-order valence-corrected chi connectivity index (χ1v) is 6.97. The van der Waals surface area contributed by atoms with Gasteiger partial charge in [-0.3, -0.25) is 9.97 Å². The molecule has 0 aliphatic carbocycles. The molecule has 0 saturated heterocycles. The normalized spacial score (nSPS) is 10.2. The number of nitrogens with zero attached hydrogens (tertiary/aromatic N) is 3. The zero-order valence-electron chi connectivity index (χ0n) is 10.9. The molecule has 0 atom stereocenters. The molecule has 0 aromatic carbocycles. The van der Waals surface area contributed by atoms with Gasteiger partial charge >= 0.3 is 0 Å². The Labute approximate surface area is 128 Å². The molecule has 0 fully saturated rings. The van der Waals surface area contributed by atoms with Crippen molar-refractivity contribution in [1.29, 1.82) is 0 Å². The molecule has 0 aliphatic rings. The Balaban J connectivity index is 2.20. The number of aromatic nitrogens is 2. The van der Waals surface area contributed by atoms with Crippen molar-refractivity contribution in [3.63, 3.8) is 0 Å². The highest BCUT2D eigenvalue weighted by molar-refractivity contribution is 7.80. The summed E-state index contributed by atoms with van der Waals surface area (Å²) < 4.78 is 0. The summed E-state index contributed by atoms with van der Waals surface area (Å²) in [5.41, 5.74) is 7.62. The fraction of sp³-hybridized carbons (Fsp3) is 0.214. The molecular weight excluding hydrogens is 292 g/mol. The summed E-state index contributed by atoms with van der Waals surface area (Å²) in [5.74, 6) is 0. The van der Waals surface area contributed by atoms with Crippen LogP contribution in [0.25, 0.3) is 0 Å². The standard InChI is InChI=1S/C14H15ClN4S/c15-12-9-18-6-3-13(12)19(7-4-14(16)20)10-11-2-1-5-17-8-11/h1-3,5-6,8-9H,4,7,10H2,(H2,16,20). The Bertz CT molecular complexity index is 576. The predicted molar refractivity (Wildman–Crippen MR) is 85.9 cm³/mol. The summed E-state index contributed by atoms with van der Waals surface area (Å²) in [6.07, 6.45) is 7.57. The van der Waals surface area contributed by atoms with Crippen molar-refractivity contribution in [3.8, 4) is 0 Å². The maximum atomic E-state index is 6.22. The lowest BCUT2D eigenvalue weighted by atomic mass is 10.2. The van der Waals surface area contributed by atoms with Crippen molar-refractivity contribution in [1.82, 2.24) is 9.97 Å². The number of nitrogens with two attached hydrogens (primary N) is 1. The van der Waals surface area contributed by atoms with Crippen molar-refractivity contribution in [2.24, 2.45) is 5.73 Å². The van der Waals surface area contributed by atoms with Crippen LogP contribution in [0.2, 0.25) is 5.02 Å². The lowest BCUT2D eigenvalue weighted by Crippen LogP contribution is -2.27. The van der Waals surface area contributed by atoms with E-state index in [4.69, 9.17) is 29.6 Å². The van der Waals surface area contributed by atoms with Crippen LogP contribution in [-0.4, -0.2) is 21.5 Å². The molecule has 104 valence electrons. The molecule has 2 N–H and O–H groups in total. The molecular formula is C14H15ClN4S. The van der Waals surface area contributed by atoms with Crippen LogP contribution in [0, 0.1) is 0 Å². The average molecular weight is 307 g/mol. The first kappa shape index (κ1) is 14.7. The van der Waals surface area contributed by atoms with Crippen LogP contribution in [0.1, 0.15) is 12.0 Å². The number of thiocarbonyl (C=S) groups is 1. The topological polar surface area (TPSA) is 55.0 Å². The van der Waals surface area contributed by atoms with Crippen LogP contribution in [0.3, 0.4) is 0 Å². The summed E-state index contributed by atoms with van der Waals surface area (Å²) in [5, 5.41) is 0.610. The van der Waals surface area contributed by atoms with E-state index in [0.29, 0.717) is 29.5 Å². The summed E-state index contributed by atoms with van der Waals surface area (Å²) in [6.45, 7) is 1.40. The molecule has 0 bridgehead atoms. The van der Waals surface area contributed by atoms with E-state index < -0.39 is 0 Å². The second-order valence-corrected chi connectivity index (χ2v) is 5.26. The minimum Gasteiger partial charge on any atom is -0.393 e. The molecule has 2 rings (SSSR count). The molecule has 4 nitrogen and oxygen atoms in total. The van der Waals surface area contributed by atoms with Gasteiger partial charge in [0.25, 0.3) is 0 Å². The predicted octanol–water partition coefficient (Wildman–Crippen LogP) is 2.81. The third-order valence-corrected chi connectivity index (χ3v) is 3.31. The van der Waals surface area contributed by atoms with Gasteiger partial charge in [0.15, 0.2) is 0 Å². The van der Waals surface area contributed by atoms with E-state index in [2.05, 4.69) is 14.9 Å². The van der Waals surface area contributed by atoms with E-state index in [1.165, 1.54) is 0 Å². The van der Waals surface area contributed by atoms with Crippen LogP contribution in [0.15, 0.2) is 43.0 Å². The second kappa shape index (κ2) is 7.17. The molecule has 2 aromatic rings. The Morgan fingerprint density at radius 3 is 2.70 bits per heavy atom. The SMILES string of the molecule is NC(=S)CCN(Cc1cccnc1)c1ccncc1Cl. The molecule has 2 heterocycles. The van der Waals surface area contributed by atoms with E-state index in [1.807, 2.05) is 24.4 Å². The first-order valence-electron chi connectivity index (χ1n) is 6.18. The number of halogens is 1. The van der Waals surface area contributed by atoms with Crippen molar-refractivity contribution in [3.05, 3.63) is 53.6 Å². The Morgan fingerprint density at radius 1 is 1.25 bits per heavy atom. The van der Waals surface area contributed by atoms with E-state index in [1.54, 1.807) is 18.6 Å². The maximum Gasteiger partial charge on any atom is 0.0822 e. The molecule has 0 amide bonds. The number of anilines is 1. The van der Waals surface area contributed by atoms with Gasteiger partial charge in [-0.15, -0.1) is 0 Å². The van der Waals surface area contributed by atoms with Crippen LogP contribution >= 0.6 is 23.8 Å². The van der Waals surface area contributed by atoms with Gasteiger partial charge in [-0.25, -0.2) is 0 Å². The van der Waals surface area contributed by atoms with Gasteiger partial charge in [0.1, 0.15) is 0 Å². The third kappa shape index (κ3) is 4.15. The van der Waals surface area contributed by atoms with Gasteiger partial charge in [-0.1, -0.05) is 29.9 Å². The highest BCUT2D eigenvalue weighted by Crippen LogP contribution is 2.25. The second-order valence-electron chi connectivity index (χ2n) is 4.33.